The van der Waals surface area contributed by atoms with Crippen molar-refractivity contribution in [3.8, 4) is 0 Å². The molecule has 1 aliphatic rings. The van der Waals surface area contributed by atoms with Crippen molar-refractivity contribution in [1.29, 1.82) is 0 Å². The zero-order chi connectivity index (χ0) is 17.9. The number of amides is 1. The van der Waals surface area contributed by atoms with Crippen molar-refractivity contribution < 1.29 is 38.4 Å². The molecule has 0 radical (unpaired) electrons. The van der Waals surface area contributed by atoms with Gasteiger partial charge in [0, 0.05) is 27.5 Å². The van der Waals surface area contributed by atoms with E-state index in [0.717, 1.165) is 0 Å². The summed E-state index contributed by atoms with van der Waals surface area (Å²) in [4.78, 5) is 9.97. The number of carbonyl (C=O) groups excluding carboxylic acids is 1. The number of hydrogen-bond acceptors (Lipinski definition) is 6. The van der Waals surface area contributed by atoms with Crippen molar-refractivity contribution >= 4 is 5.91 Å². The normalized spacial score (nSPS) is 27.7. The summed E-state index contributed by atoms with van der Waals surface area (Å²) in [6, 6.07) is 0. The lowest BCUT2D eigenvalue weighted by atomic mass is 10.0. The highest BCUT2D eigenvalue weighted by atomic mass is 19.3. The number of methoxy groups -OCH3 is 1. The summed E-state index contributed by atoms with van der Waals surface area (Å²) >= 11 is 0. The molecule has 4 N–H and O–H groups in total. The first kappa shape index (κ1) is 23.4. The number of aliphatic hydroxyl groups excluding tert-OH is 3. The van der Waals surface area contributed by atoms with E-state index < -0.39 is 36.4 Å². The SMILES string of the molecule is CC.CNC(=O)C(C)(F)F.COC1CC(O)C(O)C(CO)O1. The van der Waals surface area contributed by atoms with E-state index in [9.17, 15) is 23.8 Å². The molecule has 4 unspecified atom stereocenters. The second-order valence-corrected chi connectivity index (χ2v) is 4.28. The Labute approximate surface area is 129 Å². The Kier molecular flexibility index (Phi) is 12.4. The monoisotopic (exact) mass is 331 g/mol. The Bertz CT molecular complexity index is 301. The highest BCUT2D eigenvalue weighted by Crippen LogP contribution is 2.20. The molecule has 0 saturated carbocycles. The van der Waals surface area contributed by atoms with Crippen molar-refractivity contribution in [3.63, 3.8) is 0 Å². The molecule has 0 aromatic rings. The van der Waals surface area contributed by atoms with E-state index in [2.05, 4.69) is 0 Å². The highest BCUT2D eigenvalue weighted by Gasteiger charge is 2.36. The van der Waals surface area contributed by atoms with Crippen LogP contribution in [0.5, 0.6) is 0 Å². The van der Waals surface area contributed by atoms with E-state index >= 15 is 0 Å². The minimum absolute atomic E-state index is 0.230. The lowest BCUT2D eigenvalue weighted by molar-refractivity contribution is -0.248. The maximum absolute atomic E-state index is 11.7. The quantitative estimate of drug-likeness (QED) is 0.574. The van der Waals surface area contributed by atoms with Gasteiger partial charge in [-0.1, -0.05) is 13.8 Å². The maximum atomic E-state index is 11.7. The van der Waals surface area contributed by atoms with Crippen LogP contribution in [0.3, 0.4) is 0 Å². The third-order valence-corrected chi connectivity index (χ3v) is 2.60. The highest BCUT2D eigenvalue weighted by molar-refractivity contribution is 5.82. The van der Waals surface area contributed by atoms with Crippen LogP contribution in [0.1, 0.15) is 27.2 Å². The van der Waals surface area contributed by atoms with Gasteiger partial charge in [0.25, 0.3) is 5.91 Å². The number of halogens is 2. The third kappa shape index (κ3) is 8.54. The van der Waals surface area contributed by atoms with Gasteiger partial charge in [-0.05, 0) is 0 Å². The predicted molar refractivity (Wildman–Crippen MR) is 75.4 cm³/mol. The van der Waals surface area contributed by atoms with Crippen molar-refractivity contribution in [2.24, 2.45) is 0 Å². The standard InChI is InChI=1S/C7H14O5.C4H7F2NO.C2H6/c1-11-6-2-4(9)7(10)5(3-8)12-6;1-4(5,6)3(8)7-2;1-2/h4-10H,2-3H2,1H3;1-2H3,(H,7,8);1-2H3. The molecule has 4 atom stereocenters. The molecule has 1 aliphatic heterocycles. The summed E-state index contributed by atoms with van der Waals surface area (Å²) in [6.45, 7) is 4.23. The molecule has 0 aromatic heterocycles. The van der Waals surface area contributed by atoms with Crippen LogP contribution in [0, 0.1) is 0 Å². The van der Waals surface area contributed by atoms with E-state index in [1.165, 1.54) is 14.2 Å². The average molecular weight is 331 g/mol. The number of hydrogen-bond donors (Lipinski definition) is 4. The molecule has 9 heteroatoms. The Morgan fingerprint density at radius 1 is 1.41 bits per heavy atom. The van der Waals surface area contributed by atoms with Gasteiger partial charge in [-0.3, -0.25) is 4.79 Å². The average Bonchev–Trinajstić information content (AvgIpc) is 2.50. The molecule has 0 aromatic carbocycles. The fourth-order valence-corrected chi connectivity index (χ4v) is 1.44. The van der Waals surface area contributed by atoms with E-state index in [-0.39, 0.29) is 13.0 Å². The molecule has 1 amide bonds. The van der Waals surface area contributed by atoms with Crippen molar-refractivity contribution in [3.05, 3.63) is 0 Å². The van der Waals surface area contributed by atoms with Gasteiger partial charge in [0.1, 0.15) is 12.2 Å². The van der Waals surface area contributed by atoms with Crippen LogP contribution in [0.15, 0.2) is 0 Å². The predicted octanol–water partition coefficient (Wildman–Crippen LogP) is -0.124. The molecular formula is C13H27F2NO6. The summed E-state index contributed by atoms with van der Waals surface area (Å²) in [7, 11) is 2.61. The number of aliphatic hydroxyl groups is 3. The van der Waals surface area contributed by atoms with Gasteiger partial charge >= 0.3 is 5.92 Å². The molecular weight excluding hydrogens is 304 g/mol. The summed E-state index contributed by atoms with van der Waals surface area (Å²) in [6.07, 6.45) is -2.98. The van der Waals surface area contributed by atoms with Crippen LogP contribution < -0.4 is 5.32 Å². The Balaban J connectivity index is 0. The van der Waals surface area contributed by atoms with Crippen molar-refractivity contribution in [2.45, 2.75) is 57.7 Å². The Morgan fingerprint density at radius 2 is 1.91 bits per heavy atom. The molecule has 134 valence electrons. The molecule has 7 nitrogen and oxygen atoms in total. The summed E-state index contributed by atoms with van der Waals surface area (Å²) in [5.74, 6) is -4.49. The lowest BCUT2D eigenvalue weighted by Gasteiger charge is -2.35. The largest absolute Gasteiger partial charge is 0.394 e. The van der Waals surface area contributed by atoms with E-state index in [1.54, 1.807) is 0 Å². The molecule has 0 bridgehead atoms. The molecule has 0 spiro atoms. The summed E-state index contributed by atoms with van der Waals surface area (Å²) in [5, 5.41) is 29.1. The molecule has 1 saturated heterocycles. The summed E-state index contributed by atoms with van der Waals surface area (Å²) < 4.78 is 33.3. The molecule has 1 rings (SSSR count). The van der Waals surface area contributed by atoms with Crippen LogP contribution >= 0.6 is 0 Å². The van der Waals surface area contributed by atoms with Gasteiger partial charge < -0.3 is 30.1 Å². The van der Waals surface area contributed by atoms with Crippen LogP contribution in [0.2, 0.25) is 0 Å². The van der Waals surface area contributed by atoms with E-state index in [1.807, 2.05) is 19.2 Å². The Hall–Kier alpha value is -0.870. The molecule has 1 fully saturated rings. The first-order chi connectivity index (χ1) is 10.2. The first-order valence-corrected chi connectivity index (χ1v) is 6.92. The van der Waals surface area contributed by atoms with E-state index in [4.69, 9.17) is 14.6 Å². The Morgan fingerprint density at radius 3 is 2.18 bits per heavy atom. The molecule has 1 heterocycles. The van der Waals surface area contributed by atoms with Gasteiger partial charge in [-0.15, -0.1) is 0 Å². The van der Waals surface area contributed by atoms with Crippen LogP contribution in [-0.4, -0.2) is 72.5 Å². The lowest BCUT2D eigenvalue weighted by Crippen LogP contribution is -2.50. The first-order valence-electron chi connectivity index (χ1n) is 6.92. The third-order valence-electron chi connectivity index (χ3n) is 2.60. The number of rotatable bonds is 3. The second-order valence-electron chi connectivity index (χ2n) is 4.28. The smallest absolute Gasteiger partial charge is 0.321 e. The van der Waals surface area contributed by atoms with E-state index in [0.29, 0.717) is 6.92 Å². The zero-order valence-electron chi connectivity index (χ0n) is 13.5. The number of carbonyl (C=O) groups is 1. The molecule has 22 heavy (non-hydrogen) atoms. The fraction of sp³-hybridized carbons (Fsp3) is 0.923. The zero-order valence-corrected chi connectivity index (χ0v) is 13.5. The number of alkyl halides is 2. The van der Waals surface area contributed by atoms with Crippen molar-refractivity contribution in [1.82, 2.24) is 5.32 Å². The second kappa shape index (κ2) is 11.7. The van der Waals surface area contributed by atoms with Gasteiger partial charge in [0.15, 0.2) is 6.29 Å². The minimum atomic E-state index is -3.24. The maximum Gasteiger partial charge on any atom is 0.321 e. The number of ether oxygens (including phenoxy) is 2. The van der Waals surface area contributed by atoms with Gasteiger partial charge in [-0.25, -0.2) is 0 Å². The van der Waals surface area contributed by atoms with Crippen LogP contribution in [0.4, 0.5) is 8.78 Å². The van der Waals surface area contributed by atoms with Crippen LogP contribution in [0.25, 0.3) is 0 Å². The fourth-order valence-electron chi connectivity index (χ4n) is 1.44. The minimum Gasteiger partial charge on any atom is -0.394 e. The topological polar surface area (TPSA) is 108 Å². The van der Waals surface area contributed by atoms with Crippen molar-refractivity contribution in [2.75, 3.05) is 20.8 Å². The van der Waals surface area contributed by atoms with Gasteiger partial charge in [0.05, 0.1) is 12.7 Å². The van der Waals surface area contributed by atoms with Gasteiger partial charge in [-0.2, -0.15) is 8.78 Å². The molecule has 0 aliphatic carbocycles. The van der Waals surface area contributed by atoms with Gasteiger partial charge in [0.2, 0.25) is 0 Å². The van der Waals surface area contributed by atoms with Crippen LogP contribution in [-0.2, 0) is 14.3 Å². The summed E-state index contributed by atoms with van der Waals surface area (Å²) in [5.41, 5.74) is 0. The number of nitrogens with one attached hydrogen (secondary N) is 1.